The lowest BCUT2D eigenvalue weighted by atomic mass is 10.0. The number of carboxylic acids is 1. The molecule has 0 saturated heterocycles. The van der Waals surface area contributed by atoms with Crippen LogP contribution in [-0.4, -0.2) is 30.8 Å². The molecule has 0 amide bonds. The molecule has 0 spiro atoms. The third-order valence-corrected chi connectivity index (χ3v) is 6.00. The van der Waals surface area contributed by atoms with Crippen LogP contribution in [0.3, 0.4) is 0 Å². The zero-order valence-corrected chi connectivity index (χ0v) is 20.0. The fourth-order valence-corrected chi connectivity index (χ4v) is 3.87. The van der Waals surface area contributed by atoms with Crippen molar-refractivity contribution in [3.63, 3.8) is 0 Å². The van der Waals surface area contributed by atoms with E-state index in [1.54, 1.807) is 18.4 Å². The van der Waals surface area contributed by atoms with E-state index in [0.717, 1.165) is 27.5 Å². The van der Waals surface area contributed by atoms with Gasteiger partial charge in [0.2, 0.25) is 0 Å². The Labute approximate surface area is 195 Å². The highest BCUT2D eigenvalue weighted by Gasteiger charge is 2.15. The lowest BCUT2D eigenvalue weighted by molar-refractivity contribution is -0.139. The van der Waals surface area contributed by atoms with Gasteiger partial charge in [0.05, 0.1) is 4.88 Å². The number of aliphatic carboxylic acids is 1. The highest BCUT2D eigenvalue weighted by molar-refractivity contribution is 7.12. The zero-order chi connectivity index (χ0) is 23.3. The molecule has 2 N–H and O–H groups in total. The maximum Gasteiger partial charge on any atom is 0.320 e. The molecule has 0 bridgehead atoms. The van der Waals surface area contributed by atoms with Crippen molar-refractivity contribution < 1.29 is 14.6 Å². The minimum atomic E-state index is -0.810. The number of carbonyl (C=O) groups is 1. The number of aryl methyl sites for hydroxylation is 1. The number of ether oxygens (including phenoxy) is 1. The summed E-state index contributed by atoms with van der Waals surface area (Å²) in [4.78, 5) is 13.3. The van der Waals surface area contributed by atoms with Gasteiger partial charge in [-0.3, -0.25) is 10.1 Å². The van der Waals surface area contributed by atoms with E-state index in [1.165, 1.54) is 11.1 Å². The molecule has 0 aliphatic carbocycles. The van der Waals surface area contributed by atoms with E-state index < -0.39 is 12.0 Å². The van der Waals surface area contributed by atoms with E-state index in [-0.39, 0.29) is 0 Å². The van der Waals surface area contributed by atoms with Crippen molar-refractivity contribution in [1.29, 1.82) is 0 Å². The van der Waals surface area contributed by atoms with Crippen LogP contribution >= 0.6 is 11.3 Å². The first-order valence-corrected chi connectivity index (χ1v) is 11.5. The summed E-state index contributed by atoms with van der Waals surface area (Å²) in [5.41, 5.74) is 4.49. The SMILES string of the molecule is CCC(NCc1sc(C#Cc2ccc(-c3ccccc3)cc2)cc1C)C(=O)O.CCOC. The third kappa shape index (κ3) is 7.97. The maximum atomic E-state index is 11.1. The molecule has 32 heavy (non-hydrogen) atoms. The summed E-state index contributed by atoms with van der Waals surface area (Å²) in [6, 6.07) is 20.1. The van der Waals surface area contributed by atoms with Gasteiger partial charge in [0.15, 0.2) is 0 Å². The van der Waals surface area contributed by atoms with Crippen LogP contribution in [0.25, 0.3) is 11.1 Å². The summed E-state index contributed by atoms with van der Waals surface area (Å²) in [6.07, 6.45) is 0.561. The van der Waals surface area contributed by atoms with Crippen LogP contribution in [-0.2, 0) is 16.1 Å². The van der Waals surface area contributed by atoms with Gasteiger partial charge in [-0.2, -0.15) is 0 Å². The molecular formula is C27H31NO3S. The average molecular weight is 450 g/mol. The van der Waals surface area contributed by atoms with Gasteiger partial charge in [0, 0.05) is 30.7 Å². The molecule has 0 saturated carbocycles. The molecule has 1 heterocycles. The van der Waals surface area contributed by atoms with E-state index in [4.69, 9.17) is 5.11 Å². The largest absolute Gasteiger partial charge is 0.480 e. The lowest BCUT2D eigenvalue weighted by Gasteiger charge is -2.11. The number of hydrogen-bond acceptors (Lipinski definition) is 4. The van der Waals surface area contributed by atoms with Crippen molar-refractivity contribution in [3.8, 4) is 23.0 Å². The van der Waals surface area contributed by atoms with E-state index >= 15 is 0 Å². The van der Waals surface area contributed by atoms with E-state index in [0.29, 0.717) is 13.0 Å². The first-order chi connectivity index (χ1) is 15.5. The molecule has 1 aromatic heterocycles. The monoisotopic (exact) mass is 449 g/mol. The second-order valence-corrected chi connectivity index (χ2v) is 8.30. The van der Waals surface area contributed by atoms with Gasteiger partial charge < -0.3 is 9.84 Å². The number of carboxylic acid groups (broad SMARTS) is 1. The van der Waals surface area contributed by atoms with Crippen molar-refractivity contribution in [2.75, 3.05) is 13.7 Å². The molecule has 0 fully saturated rings. The Morgan fingerprint density at radius 2 is 1.69 bits per heavy atom. The number of hydrogen-bond donors (Lipinski definition) is 2. The van der Waals surface area contributed by atoms with E-state index in [2.05, 4.69) is 52.2 Å². The van der Waals surface area contributed by atoms with Crippen LogP contribution in [0.15, 0.2) is 60.7 Å². The zero-order valence-electron chi connectivity index (χ0n) is 19.1. The van der Waals surface area contributed by atoms with Crippen molar-refractivity contribution in [1.82, 2.24) is 5.32 Å². The van der Waals surface area contributed by atoms with Gasteiger partial charge in [-0.1, -0.05) is 61.2 Å². The second-order valence-electron chi connectivity index (χ2n) is 7.17. The van der Waals surface area contributed by atoms with Gasteiger partial charge in [-0.25, -0.2) is 0 Å². The summed E-state index contributed by atoms with van der Waals surface area (Å²) in [5.74, 6) is 5.64. The van der Waals surface area contributed by atoms with Crippen molar-refractivity contribution >= 4 is 17.3 Å². The number of thiophene rings is 1. The smallest absolute Gasteiger partial charge is 0.320 e. The minimum Gasteiger partial charge on any atom is -0.480 e. The Kier molecular flexibility index (Phi) is 10.7. The van der Waals surface area contributed by atoms with Crippen LogP contribution in [0.5, 0.6) is 0 Å². The van der Waals surface area contributed by atoms with E-state index in [9.17, 15) is 4.79 Å². The fraction of sp³-hybridized carbons (Fsp3) is 0.296. The molecule has 168 valence electrons. The summed E-state index contributed by atoms with van der Waals surface area (Å²) in [7, 11) is 1.68. The molecule has 0 aliphatic rings. The number of benzene rings is 2. The number of methoxy groups -OCH3 is 1. The van der Waals surface area contributed by atoms with Crippen molar-refractivity contribution in [2.45, 2.75) is 39.8 Å². The molecule has 0 radical (unpaired) electrons. The highest BCUT2D eigenvalue weighted by atomic mass is 32.1. The van der Waals surface area contributed by atoms with Crippen LogP contribution in [0.4, 0.5) is 0 Å². The Morgan fingerprint density at radius 3 is 2.25 bits per heavy atom. The van der Waals surface area contributed by atoms with Gasteiger partial charge in [-0.05, 0) is 55.2 Å². The molecule has 5 heteroatoms. The minimum absolute atomic E-state index is 0.515. The van der Waals surface area contributed by atoms with Gasteiger partial charge in [-0.15, -0.1) is 11.3 Å². The van der Waals surface area contributed by atoms with Crippen LogP contribution in [0.2, 0.25) is 0 Å². The predicted molar refractivity (Wildman–Crippen MR) is 133 cm³/mol. The first-order valence-electron chi connectivity index (χ1n) is 10.7. The second kappa shape index (κ2) is 13.5. The Morgan fingerprint density at radius 1 is 1.06 bits per heavy atom. The number of nitrogens with one attached hydrogen (secondary N) is 1. The number of rotatable bonds is 7. The van der Waals surface area contributed by atoms with Crippen molar-refractivity contribution in [2.24, 2.45) is 0 Å². The summed E-state index contributed by atoms with van der Waals surface area (Å²) >= 11 is 1.61. The van der Waals surface area contributed by atoms with Gasteiger partial charge >= 0.3 is 5.97 Å². The summed E-state index contributed by atoms with van der Waals surface area (Å²) < 4.78 is 4.54. The average Bonchev–Trinajstić information content (AvgIpc) is 3.18. The Hall–Kier alpha value is -2.91. The Balaban J connectivity index is 0.000000837. The van der Waals surface area contributed by atoms with Crippen LogP contribution in [0.1, 0.15) is 41.1 Å². The maximum absolute atomic E-state index is 11.1. The normalized spacial score (nSPS) is 11.0. The molecule has 0 aliphatic heterocycles. The third-order valence-electron chi connectivity index (χ3n) is 4.85. The highest BCUT2D eigenvalue weighted by Crippen LogP contribution is 2.22. The van der Waals surface area contributed by atoms with Crippen LogP contribution in [0, 0.1) is 18.8 Å². The first kappa shape index (κ1) is 25.4. The standard InChI is InChI=1S/C24H23NO2S.C3H8O/c1-3-22(24(26)27)25-16-23-17(2)15-21(28-23)14-11-18-9-12-20(13-10-18)19-7-5-4-6-8-19;1-3-4-2/h4-10,12-13,15,22,25H,3,16H2,1-2H3,(H,26,27);3H2,1-2H3. The molecule has 1 unspecified atom stereocenters. The van der Waals surface area contributed by atoms with Crippen LogP contribution < -0.4 is 5.32 Å². The molecule has 1 atom stereocenters. The molecular weight excluding hydrogens is 418 g/mol. The summed E-state index contributed by atoms with van der Waals surface area (Å²) in [6.45, 7) is 7.23. The van der Waals surface area contributed by atoms with Crippen molar-refractivity contribution in [3.05, 3.63) is 81.5 Å². The molecule has 4 nitrogen and oxygen atoms in total. The Bertz CT molecular complexity index is 1030. The summed E-state index contributed by atoms with van der Waals surface area (Å²) in [5, 5.41) is 12.2. The quantitative estimate of drug-likeness (QED) is 0.452. The van der Waals surface area contributed by atoms with E-state index in [1.807, 2.05) is 51.1 Å². The molecule has 2 aromatic carbocycles. The van der Waals surface area contributed by atoms with Gasteiger partial charge in [0.25, 0.3) is 0 Å². The fourth-order valence-electron chi connectivity index (χ4n) is 2.89. The topological polar surface area (TPSA) is 58.6 Å². The predicted octanol–water partition coefficient (Wildman–Crippen LogP) is 5.73. The lowest BCUT2D eigenvalue weighted by Crippen LogP contribution is -2.35. The molecule has 3 rings (SSSR count). The molecule has 3 aromatic rings. The van der Waals surface area contributed by atoms with Gasteiger partial charge in [0.1, 0.15) is 6.04 Å².